The Bertz CT molecular complexity index is 860. The Labute approximate surface area is 185 Å². The average molecular weight is 472 g/mol. The molecule has 0 aliphatic rings. The van der Waals surface area contributed by atoms with E-state index in [1.165, 1.54) is 20.8 Å². The minimum atomic E-state index is -4.51. The SMILES string of the molecule is C[C@H](NC(=O)OCc1ccccc1)C(=O)N[C@@H](C)C(=O)N[C@@H](C)C(=O)N[C@@H](C)P(=O)(O)O. The van der Waals surface area contributed by atoms with Gasteiger partial charge in [0.25, 0.3) is 0 Å². The summed E-state index contributed by atoms with van der Waals surface area (Å²) in [4.78, 5) is 66.2. The first-order chi connectivity index (χ1) is 14.8. The first-order valence-electron chi connectivity index (χ1n) is 9.74. The number of hydrogen-bond acceptors (Lipinski definition) is 6. The van der Waals surface area contributed by atoms with Crippen LogP contribution in [0.5, 0.6) is 0 Å². The van der Waals surface area contributed by atoms with Gasteiger partial charge in [-0.15, -0.1) is 0 Å². The highest BCUT2D eigenvalue weighted by Crippen LogP contribution is 2.39. The number of alkyl carbamates (subject to hydrolysis) is 1. The van der Waals surface area contributed by atoms with E-state index < -0.39 is 55.3 Å². The quantitative estimate of drug-likeness (QED) is 0.256. The molecule has 0 heterocycles. The highest BCUT2D eigenvalue weighted by molar-refractivity contribution is 7.52. The predicted molar refractivity (Wildman–Crippen MR) is 114 cm³/mol. The third-order valence-electron chi connectivity index (χ3n) is 4.30. The number of rotatable bonds is 10. The summed E-state index contributed by atoms with van der Waals surface area (Å²) in [7, 11) is -4.51. The van der Waals surface area contributed by atoms with Gasteiger partial charge in [0.05, 0.1) is 0 Å². The molecule has 1 rings (SSSR count). The van der Waals surface area contributed by atoms with Crippen LogP contribution < -0.4 is 21.3 Å². The number of carbonyl (C=O) groups excluding carboxylic acids is 4. The van der Waals surface area contributed by atoms with Crippen molar-refractivity contribution in [2.24, 2.45) is 0 Å². The smallest absolute Gasteiger partial charge is 0.408 e. The minimum Gasteiger partial charge on any atom is -0.445 e. The molecule has 0 fully saturated rings. The van der Waals surface area contributed by atoms with Gasteiger partial charge in [-0.25, -0.2) is 4.79 Å². The Balaban J connectivity index is 2.45. The van der Waals surface area contributed by atoms with Crippen molar-refractivity contribution < 1.29 is 38.3 Å². The number of carbonyl (C=O) groups is 4. The maximum atomic E-state index is 12.2. The zero-order valence-electron chi connectivity index (χ0n) is 18.2. The summed E-state index contributed by atoms with van der Waals surface area (Å²) in [6, 6.07) is 5.79. The lowest BCUT2D eigenvalue weighted by Gasteiger charge is -2.22. The molecule has 0 aliphatic carbocycles. The zero-order valence-corrected chi connectivity index (χ0v) is 19.1. The second-order valence-electron chi connectivity index (χ2n) is 7.16. The third kappa shape index (κ3) is 9.46. The van der Waals surface area contributed by atoms with Gasteiger partial charge < -0.3 is 35.8 Å². The van der Waals surface area contributed by atoms with Crippen LogP contribution in [0.15, 0.2) is 30.3 Å². The Morgan fingerprint density at radius 2 is 1.25 bits per heavy atom. The molecule has 0 saturated carbocycles. The largest absolute Gasteiger partial charge is 0.445 e. The van der Waals surface area contributed by atoms with Crippen molar-refractivity contribution in [2.45, 2.75) is 58.2 Å². The second-order valence-corrected chi connectivity index (χ2v) is 9.11. The first-order valence-corrected chi connectivity index (χ1v) is 11.4. The van der Waals surface area contributed by atoms with Crippen LogP contribution in [0.4, 0.5) is 4.79 Å². The molecule has 0 saturated heterocycles. The summed E-state index contributed by atoms with van der Waals surface area (Å²) < 4.78 is 16.1. The number of benzene rings is 1. The van der Waals surface area contributed by atoms with E-state index in [-0.39, 0.29) is 6.61 Å². The van der Waals surface area contributed by atoms with Crippen molar-refractivity contribution in [3.05, 3.63) is 35.9 Å². The van der Waals surface area contributed by atoms with Crippen LogP contribution in [0.1, 0.15) is 33.3 Å². The van der Waals surface area contributed by atoms with E-state index in [4.69, 9.17) is 14.5 Å². The third-order valence-corrected chi connectivity index (χ3v) is 5.44. The summed E-state index contributed by atoms with van der Waals surface area (Å²) in [5.41, 5.74) is 0.776. The van der Waals surface area contributed by atoms with Crippen LogP contribution in [0.2, 0.25) is 0 Å². The van der Waals surface area contributed by atoms with Gasteiger partial charge in [0, 0.05) is 0 Å². The van der Waals surface area contributed by atoms with Gasteiger partial charge >= 0.3 is 13.7 Å². The molecule has 0 spiro atoms. The lowest BCUT2D eigenvalue weighted by molar-refractivity contribution is -0.131. The molecule has 0 bridgehead atoms. The molecule has 12 nitrogen and oxygen atoms in total. The molecule has 32 heavy (non-hydrogen) atoms. The van der Waals surface area contributed by atoms with Crippen molar-refractivity contribution in [1.29, 1.82) is 0 Å². The van der Waals surface area contributed by atoms with Gasteiger partial charge in [0.2, 0.25) is 17.7 Å². The fourth-order valence-electron chi connectivity index (χ4n) is 2.23. The van der Waals surface area contributed by atoms with Crippen LogP contribution in [0, 0.1) is 0 Å². The van der Waals surface area contributed by atoms with E-state index in [1.807, 2.05) is 6.07 Å². The molecule has 178 valence electrons. The molecule has 1 aromatic rings. The molecule has 0 unspecified atom stereocenters. The highest BCUT2D eigenvalue weighted by Gasteiger charge is 2.29. The lowest BCUT2D eigenvalue weighted by atomic mass is 10.2. The van der Waals surface area contributed by atoms with Crippen molar-refractivity contribution in [2.75, 3.05) is 0 Å². The molecule has 4 atom stereocenters. The fraction of sp³-hybridized carbons (Fsp3) is 0.474. The number of nitrogens with one attached hydrogen (secondary N) is 4. The van der Waals surface area contributed by atoms with Gasteiger partial charge in [0.15, 0.2) is 0 Å². The monoisotopic (exact) mass is 472 g/mol. The second kappa shape index (κ2) is 12.2. The van der Waals surface area contributed by atoms with Crippen molar-refractivity contribution in [1.82, 2.24) is 21.3 Å². The van der Waals surface area contributed by atoms with Gasteiger partial charge in [0.1, 0.15) is 30.5 Å². The summed E-state index contributed by atoms with van der Waals surface area (Å²) in [5, 5.41) is 9.17. The van der Waals surface area contributed by atoms with E-state index in [1.54, 1.807) is 24.3 Å². The average Bonchev–Trinajstić information content (AvgIpc) is 2.71. The summed E-state index contributed by atoms with van der Waals surface area (Å²) in [6.45, 7) is 5.26. The van der Waals surface area contributed by atoms with Crippen LogP contribution >= 0.6 is 7.60 Å². The van der Waals surface area contributed by atoms with Crippen molar-refractivity contribution in [3.8, 4) is 0 Å². The molecule has 4 amide bonds. The minimum absolute atomic E-state index is 0.0282. The lowest BCUT2D eigenvalue weighted by Crippen LogP contribution is -2.55. The van der Waals surface area contributed by atoms with E-state index in [0.29, 0.717) is 0 Å². The number of hydrogen-bond donors (Lipinski definition) is 6. The standard InChI is InChI=1S/C19H29N4O8P/c1-11(16(24)21-12(2)18(26)23-14(4)32(28,29)30)20-17(25)13(3)22-19(27)31-10-15-8-6-5-7-9-15/h5-9,11-14H,10H2,1-4H3,(H,20,25)(H,21,24)(H,22,27)(H,23,26)(H2,28,29,30)/t11-,12-,13-,14+/m0/s1. The Kier molecular flexibility index (Phi) is 10.3. The molecular weight excluding hydrogens is 443 g/mol. The van der Waals surface area contributed by atoms with E-state index in [9.17, 15) is 23.7 Å². The molecular formula is C19H29N4O8P. The van der Waals surface area contributed by atoms with E-state index in [0.717, 1.165) is 12.5 Å². The van der Waals surface area contributed by atoms with Crippen LogP contribution in [-0.2, 0) is 30.3 Å². The van der Waals surface area contributed by atoms with Gasteiger partial charge in [-0.2, -0.15) is 0 Å². The number of amides is 4. The maximum Gasteiger partial charge on any atom is 0.408 e. The molecule has 6 N–H and O–H groups in total. The Hall–Kier alpha value is -2.95. The van der Waals surface area contributed by atoms with Crippen molar-refractivity contribution in [3.63, 3.8) is 0 Å². The predicted octanol–water partition coefficient (Wildman–Crippen LogP) is -0.0494. The van der Waals surface area contributed by atoms with E-state index in [2.05, 4.69) is 21.3 Å². The van der Waals surface area contributed by atoms with Gasteiger partial charge in [-0.3, -0.25) is 18.9 Å². The van der Waals surface area contributed by atoms with E-state index >= 15 is 0 Å². The van der Waals surface area contributed by atoms with Crippen molar-refractivity contribution >= 4 is 31.4 Å². The van der Waals surface area contributed by atoms with Gasteiger partial charge in [-0.05, 0) is 33.3 Å². The maximum absolute atomic E-state index is 12.2. The summed E-state index contributed by atoms with van der Waals surface area (Å²) in [6.07, 6.45) is -0.807. The van der Waals surface area contributed by atoms with Crippen LogP contribution in [0.3, 0.4) is 0 Å². The van der Waals surface area contributed by atoms with Crippen LogP contribution in [0.25, 0.3) is 0 Å². The Morgan fingerprint density at radius 3 is 1.72 bits per heavy atom. The van der Waals surface area contributed by atoms with Crippen LogP contribution in [-0.4, -0.2) is 57.5 Å². The van der Waals surface area contributed by atoms with Gasteiger partial charge in [-0.1, -0.05) is 30.3 Å². The fourth-order valence-corrected chi connectivity index (χ4v) is 2.53. The zero-order chi connectivity index (χ0) is 24.5. The summed E-state index contributed by atoms with van der Waals surface area (Å²) in [5.74, 6) is -3.58. The molecule has 0 aliphatic heterocycles. The summed E-state index contributed by atoms with van der Waals surface area (Å²) >= 11 is 0. The molecule has 0 aromatic heterocycles. The Morgan fingerprint density at radius 1 is 0.812 bits per heavy atom. The molecule has 1 aromatic carbocycles. The molecule has 13 heteroatoms. The highest BCUT2D eigenvalue weighted by atomic mass is 31.2. The molecule has 0 radical (unpaired) electrons. The normalized spacial score (nSPS) is 14.8. The first kappa shape index (κ1) is 27.1. The topological polar surface area (TPSA) is 183 Å². The number of ether oxygens (including phenoxy) is 1.